The number of aliphatic hydroxyl groups is 1. The number of nitrogens with zero attached hydrogens (tertiary/aromatic N) is 2. The Bertz CT molecular complexity index is 1150. The molecule has 156 valence electrons. The number of anilines is 1. The Balaban J connectivity index is 2.02. The molecule has 3 aromatic rings. The summed E-state index contributed by atoms with van der Waals surface area (Å²) < 4.78 is 1.33. The van der Waals surface area contributed by atoms with Gasteiger partial charge in [0.1, 0.15) is 12.4 Å². The highest BCUT2D eigenvalue weighted by Crippen LogP contribution is 2.22. The molecule has 1 aromatic heterocycles. The van der Waals surface area contributed by atoms with Gasteiger partial charge in [-0.15, -0.1) is 0 Å². The van der Waals surface area contributed by atoms with E-state index < -0.39 is 0 Å². The van der Waals surface area contributed by atoms with Gasteiger partial charge >= 0.3 is 0 Å². The molecule has 0 fully saturated rings. The van der Waals surface area contributed by atoms with Crippen LogP contribution in [-0.4, -0.2) is 27.2 Å². The van der Waals surface area contributed by atoms with Crippen LogP contribution in [0.1, 0.15) is 22.4 Å². The molecule has 0 bridgehead atoms. The third-order valence-electron chi connectivity index (χ3n) is 5.01. The van der Waals surface area contributed by atoms with Crippen LogP contribution in [0.2, 0.25) is 5.02 Å². The summed E-state index contributed by atoms with van der Waals surface area (Å²) in [5.41, 5.74) is 4.06. The number of carbonyl (C=O) groups excluding carboxylic acids is 1. The zero-order chi connectivity index (χ0) is 21.8. The average molecular weight is 426 g/mol. The second kappa shape index (κ2) is 9.24. The van der Waals surface area contributed by atoms with E-state index in [2.05, 4.69) is 10.3 Å². The van der Waals surface area contributed by atoms with Crippen molar-refractivity contribution in [2.75, 3.05) is 11.9 Å². The van der Waals surface area contributed by atoms with E-state index in [0.29, 0.717) is 33.4 Å². The molecule has 30 heavy (non-hydrogen) atoms. The summed E-state index contributed by atoms with van der Waals surface area (Å²) in [6, 6.07) is 12.6. The van der Waals surface area contributed by atoms with Crippen LogP contribution in [0.4, 0.5) is 5.69 Å². The fourth-order valence-corrected chi connectivity index (χ4v) is 3.45. The number of hydrogen-bond donors (Lipinski definition) is 2. The Morgan fingerprint density at radius 3 is 2.57 bits per heavy atom. The van der Waals surface area contributed by atoms with Crippen molar-refractivity contribution in [3.63, 3.8) is 0 Å². The maximum Gasteiger partial charge on any atom is 0.257 e. The van der Waals surface area contributed by atoms with Gasteiger partial charge in [0.15, 0.2) is 0 Å². The number of hydrogen-bond acceptors (Lipinski definition) is 4. The predicted molar refractivity (Wildman–Crippen MR) is 119 cm³/mol. The normalized spacial score (nSPS) is 10.8. The Morgan fingerprint density at radius 2 is 1.90 bits per heavy atom. The third-order valence-corrected chi connectivity index (χ3v) is 5.24. The summed E-state index contributed by atoms with van der Waals surface area (Å²) in [4.78, 5) is 30.5. The van der Waals surface area contributed by atoms with Crippen LogP contribution in [0.3, 0.4) is 0 Å². The lowest BCUT2D eigenvalue weighted by Gasteiger charge is -2.16. The van der Waals surface area contributed by atoms with Crippen LogP contribution in [0, 0.1) is 20.8 Å². The minimum Gasteiger partial charge on any atom is -0.396 e. The SMILES string of the molecule is Cc1ccc(NC(=O)Cn2c(-c3cccc(Cl)c3)nc(C)c(CCO)c2=O)cc1C. The van der Waals surface area contributed by atoms with Crippen LogP contribution in [0.15, 0.2) is 47.3 Å². The van der Waals surface area contributed by atoms with Crippen molar-refractivity contribution in [1.29, 1.82) is 0 Å². The Kier molecular flexibility index (Phi) is 6.70. The zero-order valence-corrected chi connectivity index (χ0v) is 18.0. The quantitative estimate of drug-likeness (QED) is 0.631. The van der Waals surface area contributed by atoms with Crippen LogP contribution >= 0.6 is 11.6 Å². The van der Waals surface area contributed by atoms with Gasteiger partial charge in [0.05, 0.1) is 0 Å². The minimum atomic E-state index is -0.346. The summed E-state index contributed by atoms with van der Waals surface area (Å²) in [5.74, 6) is 0.0150. The number of rotatable bonds is 6. The van der Waals surface area contributed by atoms with E-state index in [-0.39, 0.29) is 31.0 Å². The number of nitrogens with one attached hydrogen (secondary N) is 1. The topological polar surface area (TPSA) is 84.2 Å². The molecular formula is C23H24ClN3O3. The fourth-order valence-electron chi connectivity index (χ4n) is 3.26. The Morgan fingerprint density at radius 1 is 1.13 bits per heavy atom. The lowest BCUT2D eigenvalue weighted by atomic mass is 10.1. The number of carbonyl (C=O) groups is 1. The molecule has 0 radical (unpaired) electrons. The van der Waals surface area contributed by atoms with Crippen LogP contribution in [-0.2, 0) is 17.8 Å². The van der Waals surface area contributed by atoms with Gasteiger partial charge in [-0.05, 0) is 56.2 Å². The molecule has 1 heterocycles. The van der Waals surface area contributed by atoms with Gasteiger partial charge in [0, 0.05) is 40.6 Å². The van der Waals surface area contributed by atoms with Crippen LogP contribution in [0.25, 0.3) is 11.4 Å². The highest BCUT2D eigenvalue weighted by molar-refractivity contribution is 6.30. The average Bonchev–Trinajstić information content (AvgIpc) is 2.70. The molecule has 0 unspecified atom stereocenters. The molecular weight excluding hydrogens is 402 g/mol. The van der Waals surface area contributed by atoms with E-state index in [1.54, 1.807) is 31.2 Å². The first-order valence-electron chi connectivity index (χ1n) is 9.64. The van der Waals surface area contributed by atoms with Gasteiger partial charge in [0.25, 0.3) is 5.56 Å². The van der Waals surface area contributed by atoms with E-state index >= 15 is 0 Å². The smallest absolute Gasteiger partial charge is 0.257 e. The second-order valence-corrected chi connectivity index (χ2v) is 7.66. The maximum absolute atomic E-state index is 13.1. The largest absolute Gasteiger partial charge is 0.396 e. The van der Waals surface area contributed by atoms with Crippen molar-refractivity contribution >= 4 is 23.2 Å². The summed E-state index contributed by atoms with van der Waals surface area (Å²) in [7, 11) is 0. The maximum atomic E-state index is 13.1. The molecule has 0 atom stereocenters. The Hall–Kier alpha value is -2.96. The molecule has 6 nitrogen and oxygen atoms in total. The number of benzene rings is 2. The molecule has 7 heteroatoms. The van der Waals surface area contributed by atoms with Crippen molar-refractivity contribution in [1.82, 2.24) is 9.55 Å². The predicted octanol–water partition coefficient (Wildman–Crippen LogP) is 3.66. The molecule has 0 spiro atoms. The highest BCUT2D eigenvalue weighted by atomic mass is 35.5. The first kappa shape index (κ1) is 21.7. The molecule has 0 saturated carbocycles. The zero-order valence-electron chi connectivity index (χ0n) is 17.2. The molecule has 3 rings (SSSR count). The van der Waals surface area contributed by atoms with Gasteiger partial charge in [-0.25, -0.2) is 4.98 Å². The van der Waals surface area contributed by atoms with Crippen molar-refractivity contribution < 1.29 is 9.90 Å². The van der Waals surface area contributed by atoms with E-state index in [0.717, 1.165) is 11.1 Å². The molecule has 1 amide bonds. The molecule has 0 aliphatic heterocycles. The van der Waals surface area contributed by atoms with Crippen LogP contribution in [0.5, 0.6) is 0 Å². The van der Waals surface area contributed by atoms with Gasteiger partial charge in [-0.1, -0.05) is 29.8 Å². The molecule has 0 aliphatic carbocycles. The summed E-state index contributed by atoms with van der Waals surface area (Å²) >= 11 is 6.12. The standard InChI is InChI=1S/C23H24ClN3O3/c1-14-7-8-19(11-15(14)2)26-21(29)13-27-22(17-5-4-6-18(24)12-17)25-16(3)20(9-10-28)23(27)30/h4-8,11-12,28H,9-10,13H2,1-3H3,(H,26,29). The van der Waals surface area contributed by atoms with Crippen molar-refractivity contribution in [2.45, 2.75) is 33.7 Å². The van der Waals surface area contributed by atoms with E-state index in [1.165, 1.54) is 4.57 Å². The number of amides is 1. The number of aliphatic hydroxyl groups excluding tert-OH is 1. The van der Waals surface area contributed by atoms with Gasteiger partial charge in [-0.3, -0.25) is 14.2 Å². The third kappa shape index (κ3) is 4.78. The fraction of sp³-hybridized carbons (Fsp3) is 0.261. The van der Waals surface area contributed by atoms with Crippen molar-refractivity contribution in [3.05, 3.63) is 80.2 Å². The first-order valence-corrected chi connectivity index (χ1v) is 10.0. The van der Waals surface area contributed by atoms with Gasteiger partial charge in [0.2, 0.25) is 5.91 Å². The lowest BCUT2D eigenvalue weighted by Crippen LogP contribution is -2.33. The number of aryl methyl sites for hydroxylation is 3. The van der Waals surface area contributed by atoms with Gasteiger partial charge < -0.3 is 10.4 Å². The molecule has 0 saturated heterocycles. The summed E-state index contributed by atoms with van der Waals surface area (Å²) in [6.07, 6.45) is 0.173. The first-order chi connectivity index (χ1) is 14.3. The van der Waals surface area contributed by atoms with E-state index in [4.69, 9.17) is 11.6 Å². The molecule has 0 aliphatic rings. The van der Waals surface area contributed by atoms with Crippen molar-refractivity contribution in [2.24, 2.45) is 0 Å². The van der Waals surface area contributed by atoms with Crippen molar-refractivity contribution in [3.8, 4) is 11.4 Å². The molecule has 2 aromatic carbocycles. The summed E-state index contributed by atoms with van der Waals surface area (Å²) in [6.45, 7) is 5.30. The monoisotopic (exact) mass is 425 g/mol. The summed E-state index contributed by atoms with van der Waals surface area (Å²) in [5, 5.41) is 12.7. The second-order valence-electron chi connectivity index (χ2n) is 7.22. The Labute approximate surface area is 180 Å². The molecule has 2 N–H and O–H groups in total. The number of aromatic nitrogens is 2. The van der Waals surface area contributed by atoms with E-state index in [1.807, 2.05) is 32.0 Å². The van der Waals surface area contributed by atoms with Crippen LogP contribution < -0.4 is 10.9 Å². The highest BCUT2D eigenvalue weighted by Gasteiger charge is 2.18. The lowest BCUT2D eigenvalue weighted by molar-refractivity contribution is -0.116. The van der Waals surface area contributed by atoms with Gasteiger partial charge in [-0.2, -0.15) is 0 Å². The number of halogens is 1. The van der Waals surface area contributed by atoms with E-state index in [9.17, 15) is 14.7 Å². The minimum absolute atomic E-state index is 0.173.